The molecule has 2 heterocycles. The maximum absolute atomic E-state index is 10.8. The summed E-state index contributed by atoms with van der Waals surface area (Å²) in [4.78, 5) is 0. The maximum atomic E-state index is 10.8. The van der Waals surface area contributed by atoms with Crippen molar-refractivity contribution in [1.29, 1.82) is 0 Å². The molecule has 0 aliphatic carbocycles. The van der Waals surface area contributed by atoms with Gasteiger partial charge in [0.25, 0.3) is 0 Å². The van der Waals surface area contributed by atoms with Crippen LogP contribution in [0.3, 0.4) is 0 Å². The van der Waals surface area contributed by atoms with Gasteiger partial charge in [-0.25, -0.2) is 0 Å². The second-order valence-corrected chi connectivity index (χ2v) is 14.9. The molecule has 0 aromatic carbocycles. The molecule has 0 bridgehead atoms. The Kier molecular flexibility index (Phi) is 9.99. The quantitative estimate of drug-likeness (QED) is 0.408. The zero-order valence-corrected chi connectivity index (χ0v) is 21.1. The van der Waals surface area contributed by atoms with Gasteiger partial charge >= 0.3 is 0 Å². The van der Waals surface area contributed by atoms with Gasteiger partial charge in [0.15, 0.2) is 20.9 Å². The van der Waals surface area contributed by atoms with Crippen molar-refractivity contribution >= 4 is 8.32 Å². The molecule has 176 valence electrons. The molecule has 2 saturated heterocycles. The summed E-state index contributed by atoms with van der Waals surface area (Å²) in [5.41, 5.74) is 0.889. The lowest BCUT2D eigenvalue weighted by Gasteiger charge is -2.44. The van der Waals surface area contributed by atoms with Gasteiger partial charge in [0.05, 0.1) is 24.9 Å². The monoisotopic (exact) mass is 444 g/mol. The van der Waals surface area contributed by atoms with E-state index in [4.69, 9.17) is 23.4 Å². The molecule has 2 fully saturated rings. The van der Waals surface area contributed by atoms with E-state index in [2.05, 4.69) is 33.9 Å². The Balaban J connectivity index is 1.94. The van der Waals surface area contributed by atoms with Crippen molar-refractivity contribution in [2.45, 2.75) is 115 Å². The van der Waals surface area contributed by atoms with Crippen molar-refractivity contribution in [1.82, 2.24) is 0 Å². The van der Waals surface area contributed by atoms with Gasteiger partial charge in [0.1, 0.15) is 0 Å². The molecule has 3 unspecified atom stereocenters. The van der Waals surface area contributed by atoms with E-state index in [1.807, 2.05) is 13.0 Å². The summed E-state index contributed by atoms with van der Waals surface area (Å²) in [7, 11) is -0.266. The van der Waals surface area contributed by atoms with Crippen LogP contribution in [0.1, 0.15) is 66.2 Å². The molecule has 0 aromatic rings. The van der Waals surface area contributed by atoms with E-state index in [1.54, 1.807) is 7.11 Å². The Hall–Kier alpha value is -0.283. The Morgan fingerprint density at radius 1 is 1.17 bits per heavy atom. The summed E-state index contributed by atoms with van der Waals surface area (Å²) in [6.45, 7) is 14.4. The summed E-state index contributed by atoms with van der Waals surface area (Å²) in [5.74, 6) is 0. The molecule has 0 spiro atoms. The van der Waals surface area contributed by atoms with E-state index in [0.717, 1.165) is 44.3 Å². The van der Waals surface area contributed by atoms with E-state index in [9.17, 15) is 5.11 Å². The molecular weight excluding hydrogens is 400 g/mol. The zero-order chi connectivity index (χ0) is 22.4. The van der Waals surface area contributed by atoms with Crippen LogP contribution in [0.5, 0.6) is 0 Å². The fraction of sp³-hybridized carbons (Fsp3) is 0.913. The van der Waals surface area contributed by atoms with Gasteiger partial charge in [-0.3, -0.25) is 0 Å². The van der Waals surface area contributed by atoms with Crippen molar-refractivity contribution in [3.8, 4) is 0 Å². The normalized spacial score (nSPS) is 30.3. The molecule has 5 atom stereocenters. The number of aliphatic hydroxyl groups excluding tert-OH is 1. The third-order valence-electron chi connectivity index (χ3n) is 6.75. The number of hydrogen-bond acceptors (Lipinski definition) is 6. The smallest absolute Gasteiger partial charge is 0.192 e. The van der Waals surface area contributed by atoms with Gasteiger partial charge in [-0.1, -0.05) is 26.8 Å². The van der Waals surface area contributed by atoms with E-state index >= 15 is 0 Å². The molecule has 1 N–H and O–H groups in total. The fourth-order valence-electron chi connectivity index (χ4n) is 3.58. The van der Waals surface area contributed by atoms with Crippen molar-refractivity contribution in [3.05, 3.63) is 11.6 Å². The predicted molar refractivity (Wildman–Crippen MR) is 121 cm³/mol. The largest absolute Gasteiger partial charge is 0.411 e. The lowest BCUT2D eigenvalue weighted by molar-refractivity contribution is -0.214. The van der Waals surface area contributed by atoms with Crippen LogP contribution in [0.15, 0.2) is 11.6 Å². The van der Waals surface area contributed by atoms with E-state index in [1.165, 1.54) is 0 Å². The van der Waals surface area contributed by atoms with Gasteiger partial charge in [0, 0.05) is 26.6 Å². The SMILES string of the molecule is COC1CC[C@H](O[Si](C)(C)C(C)(C)C)[C@@H](CC(O)/C(C)=C\COC2CCCCO2)O1. The first kappa shape index (κ1) is 26.0. The van der Waals surface area contributed by atoms with Crippen LogP contribution >= 0.6 is 0 Å². The first-order chi connectivity index (χ1) is 14.0. The minimum atomic E-state index is -1.94. The lowest BCUT2D eigenvalue weighted by atomic mass is 9.96. The first-order valence-electron chi connectivity index (χ1n) is 11.5. The van der Waals surface area contributed by atoms with E-state index < -0.39 is 14.4 Å². The molecule has 30 heavy (non-hydrogen) atoms. The van der Waals surface area contributed by atoms with E-state index in [0.29, 0.717) is 13.0 Å². The van der Waals surface area contributed by atoms with Crippen LogP contribution in [0.2, 0.25) is 18.1 Å². The molecule has 2 rings (SSSR count). The Morgan fingerprint density at radius 2 is 1.90 bits per heavy atom. The highest BCUT2D eigenvalue weighted by atomic mass is 28.4. The first-order valence-corrected chi connectivity index (χ1v) is 14.4. The summed E-state index contributed by atoms with van der Waals surface area (Å²) < 4.78 is 29.7. The minimum Gasteiger partial charge on any atom is -0.411 e. The Morgan fingerprint density at radius 3 is 2.50 bits per heavy atom. The molecule has 2 aliphatic rings. The maximum Gasteiger partial charge on any atom is 0.192 e. The van der Waals surface area contributed by atoms with E-state index in [-0.39, 0.29) is 29.8 Å². The third kappa shape index (κ3) is 7.69. The summed E-state index contributed by atoms with van der Waals surface area (Å²) in [5, 5.41) is 10.9. The van der Waals surface area contributed by atoms with Crippen LogP contribution in [-0.2, 0) is 23.4 Å². The Labute approximate surface area is 184 Å². The van der Waals surface area contributed by atoms with Gasteiger partial charge in [-0.15, -0.1) is 0 Å². The highest BCUT2D eigenvalue weighted by Gasteiger charge is 2.43. The predicted octanol–water partition coefficient (Wildman–Crippen LogP) is 4.77. The van der Waals surface area contributed by atoms with Crippen LogP contribution < -0.4 is 0 Å². The molecule has 0 radical (unpaired) electrons. The lowest BCUT2D eigenvalue weighted by Crippen LogP contribution is -2.51. The number of hydrogen-bond donors (Lipinski definition) is 1. The molecule has 2 aliphatic heterocycles. The Bertz CT molecular complexity index is 538. The van der Waals surface area contributed by atoms with Crippen LogP contribution in [0.4, 0.5) is 0 Å². The van der Waals surface area contributed by atoms with Gasteiger partial charge in [0.2, 0.25) is 0 Å². The van der Waals surface area contributed by atoms with Gasteiger partial charge in [-0.05, 0) is 56.3 Å². The third-order valence-corrected chi connectivity index (χ3v) is 11.3. The molecule has 0 amide bonds. The molecule has 0 aromatic heterocycles. The molecule has 0 saturated carbocycles. The minimum absolute atomic E-state index is 0.0216. The highest BCUT2D eigenvalue weighted by molar-refractivity contribution is 6.74. The van der Waals surface area contributed by atoms with Crippen molar-refractivity contribution in [2.75, 3.05) is 20.3 Å². The standard InChI is InChI=1S/C23H44O6Si/c1-17(13-15-27-22-10-8-9-14-26-22)18(24)16-20-19(11-12-21(25-5)28-20)29-30(6,7)23(2,3)4/h13,18-22,24H,8-12,14-16H2,1-7H3/b17-13-/t18?,19-,20+,21?,22?/m0/s1. The molecule has 6 nitrogen and oxygen atoms in total. The number of ether oxygens (including phenoxy) is 4. The second-order valence-electron chi connectivity index (χ2n) is 10.2. The second kappa shape index (κ2) is 11.5. The topological polar surface area (TPSA) is 66.4 Å². The van der Waals surface area contributed by atoms with Crippen molar-refractivity contribution in [2.24, 2.45) is 0 Å². The van der Waals surface area contributed by atoms with Gasteiger partial charge in [-0.2, -0.15) is 0 Å². The van der Waals surface area contributed by atoms with Crippen LogP contribution in [0.25, 0.3) is 0 Å². The summed E-state index contributed by atoms with van der Waals surface area (Å²) in [6.07, 6.45) is 6.14. The number of methoxy groups -OCH3 is 1. The summed E-state index contributed by atoms with van der Waals surface area (Å²) >= 11 is 0. The summed E-state index contributed by atoms with van der Waals surface area (Å²) in [6, 6.07) is 0. The van der Waals surface area contributed by atoms with Crippen LogP contribution in [0, 0.1) is 0 Å². The fourth-order valence-corrected chi connectivity index (χ4v) is 4.96. The number of rotatable bonds is 9. The highest BCUT2D eigenvalue weighted by Crippen LogP contribution is 2.40. The number of aliphatic hydroxyl groups is 1. The average Bonchev–Trinajstić information content (AvgIpc) is 2.69. The van der Waals surface area contributed by atoms with Crippen molar-refractivity contribution in [3.63, 3.8) is 0 Å². The van der Waals surface area contributed by atoms with Gasteiger partial charge < -0.3 is 28.5 Å². The zero-order valence-electron chi connectivity index (χ0n) is 20.1. The molecular formula is C23H44O6Si. The van der Waals surface area contributed by atoms with Crippen molar-refractivity contribution < 1.29 is 28.5 Å². The average molecular weight is 445 g/mol. The van der Waals surface area contributed by atoms with Crippen LogP contribution in [-0.4, -0.2) is 64.6 Å². The molecule has 7 heteroatoms.